The van der Waals surface area contributed by atoms with Crippen LogP contribution in [0.3, 0.4) is 0 Å². The summed E-state index contributed by atoms with van der Waals surface area (Å²) in [5, 5.41) is 0. The molecule has 1 heterocycles. The molecule has 5 rings (SSSR count). The van der Waals surface area contributed by atoms with Gasteiger partial charge in [0.15, 0.2) is 0 Å². The Hall–Kier alpha value is 0.650. The van der Waals surface area contributed by atoms with Gasteiger partial charge in [0.25, 0.3) is 0 Å². The van der Waals surface area contributed by atoms with Crippen molar-refractivity contribution >= 4 is 17.8 Å². The van der Waals surface area contributed by atoms with E-state index in [1.165, 1.54) is 17.8 Å². The normalized spacial score (nSPS) is 86.9. The second kappa shape index (κ2) is 1.10. The fourth-order valence-electron chi connectivity index (χ4n) is 4.61. The predicted molar refractivity (Wildman–Crippen MR) is 46.4 cm³/mol. The first kappa shape index (κ1) is 5.32. The highest BCUT2D eigenvalue weighted by atomic mass is 32.4. The van der Waals surface area contributed by atoms with E-state index in [2.05, 4.69) is 6.66 Å². The smallest absolute Gasteiger partial charge is 0.00494 e. The van der Waals surface area contributed by atoms with Gasteiger partial charge in [-0.15, -0.1) is 0 Å². The molecule has 5 fully saturated rings. The fraction of sp³-hybridized carbons (Fsp3) is 1.00. The van der Waals surface area contributed by atoms with E-state index in [4.69, 9.17) is 11.8 Å². The first-order valence-electron chi connectivity index (χ1n) is 4.30. The van der Waals surface area contributed by atoms with E-state index in [1.807, 2.05) is 0 Å². The van der Waals surface area contributed by atoms with Crippen molar-refractivity contribution in [2.45, 2.75) is 17.7 Å². The van der Waals surface area contributed by atoms with Gasteiger partial charge in [0.1, 0.15) is 0 Å². The van der Waals surface area contributed by atoms with Crippen LogP contribution >= 0.6 is 6.04 Å². The molecular formula is C8H11PS. The summed E-state index contributed by atoms with van der Waals surface area (Å²) >= 11 is 5.70. The summed E-state index contributed by atoms with van der Waals surface area (Å²) < 4.78 is 0. The van der Waals surface area contributed by atoms with Gasteiger partial charge in [0.2, 0.25) is 0 Å². The fourth-order valence-corrected chi connectivity index (χ4v) is 10.8. The van der Waals surface area contributed by atoms with Gasteiger partial charge in [-0.1, -0.05) is 11.8 Å². The third kappa shape index (κ3) is 0.278. The Labute approximate surface area is 66.4 Å². The molecule has 6 bridgehead atoms. The van der Waals surface area contributed by atoms with Crippen LogP contribution in [0.2, 0.25) is 0 Å². The molecule has 10 heavy (non-hydrogen) atoms. The third-order valence-corrected chi connectivity index (χ3v) is 9.97. The molecule has 0 N–H and O–H groups in total. The molecule has 0 spiro atoms. The van der Waals surface area contributed by atoms with Gasteiger partial charge in [-0.3, -0.25) is 0 Å². The summed E-state index contributed by atoms with van der Waals surface area (Å²) in [5.41, 5.74) is 2.23. The number of hydrogen-bond donors (Lipinski definition) is 0. The molecule has 0 amide bonds. The standard InChI is InChI=1S/C8H11PS/c1-9(10)7-4-2-3-5(7)6(3)8(4)9/h3-8H,2H2,1H3. The number of rotatable bonds is 0. The summed E-state index contributed by atoms with van der Waals surface area (Å²) in [5.74, 6) is 4.74. The van der Waals surface area contributed by atoms with Crippen LogP contribution in [0.15, 0.2) is 0 Å². The van der Waals surface area contributed by atoms with Crippen LogP contribution in [-0.2, 0) is 11.8 Å². The van der Waals surface area contributed by atoms with E-state index < -0.39 is 6.04 Å². The van der Waals surface area contributed by atoms with Gasteiger partial charge >= 0.3 is 0 Å². The Balaban J connectivity index is 2.02. The molecule has 4 saturated carbocycles. The minimum atomic E-state index is -0.725. The lowest BCUT2D eigenvalue weighted by molar-refractivity contribution is 0.562. The maximum absolute atomic E-state index is 5.70. The summed E-state index contributed by atoms with van der Waals surface area (Å²) in [6.45, 7) is 2.43. The van der Waals surface area contributed by atoms with Crippen molar-refractivity contribution in [2.75, 3.05) is 6.66 Å². The summed E-state index contributed by atoms with van der Waals surface area (Å²) in [7, 11) is 0. The molecule has 0 nitrogen and oxygen atoms in total. The molecule has 5 aliphatic rings. The van der Waals surface area contributed by atoms with Crippen molar-refractivity contribution < 1.29 is 0 Å². The third-order valence-electron chi connectivity index (χ3n) is 4.69. The highest BCUT2D eigenvalue weighted by Crippen LogP contribution is 2.94. The van der Waals surface area contributed by atoms with Crippen molar-refractivity contribution in [3.05, 3.63) is 0 Å². The lowest BCUT2D eigenvalue weighted by Gasteiger charge is -2.44. The lowest BCUT2D eigenvalue weighted by Crippen LogP contribution is -2.34. The highest BCUT2D eigenvalue weighted by Gasteiger charge is 2.84. The average molecular weight is 170 g/mol. The minimum Gasteiger partial charge on any atom is -0.0972 e. The Morgan fingerprint density at radius 1 is 1.20 bits per heavy atom. The molecular weight excluding hydrogens is 159 g/mol. The largest absolute Gasteiger partial charge is 0.0972 e. The Morgan fingerprint density at radius 3 is 2.10 bits per heavy atom. The van der Waals surface area contributed by atoms with Gasteiger partial charge < -0.3 is 0 Å². The van der Waals surface area contributed by atoms with E-state index >= 15 is 0 Å². The zero-order chi connectivity index (χ0) is 6.67. The summed E-state index contributed by atoms with van der Waals surface area (Å²) in [4.78, 5) is 0. The molecule has 1 aliphatic heterocycles. The molecule has 0 aromatic carbocycles. The van der Waals surface area contributed by atoms with Gasteiger partial charge in [-0.05, 0) is 54.1 Å². The lowest BCUT2D eigenvalue weighted by atomic mass is 10.1. The predicted octanol–water partition coefficient (Wildman–Crippen LogP) is 1.74. The van der Waals surface area contributed by atoms with Crippen molar-refractivity contribution in [3.8, 4) is 0 Å². The SMILES string of the molecule is CP1(=S)C2C3CC4C2C4C31. The van der Waals surface area contributed by atoms with Gasteiger partial charge in [-0.25, -0.2) is 0 Å². The topological polar surface area (TPSA) is 0 Å². The molecule has 4 unspecified atom stereocenters. The quantitative estimate of drug-likeness (QED) is 0.499. The second-order valence-electron chi connectivity index (χ2n) is 4.76. The summed E-state index contributed by atoms with van der Waals surface area (Å²) in [6.07, 6.45) is 1.59. The van der Waals surface area contributed by atoms with Crippen molar-refractivity contribution in [3.63, 3.8) is 0 Å². The van der Waals surface area contributed by atoms with Crippen molar-refractivity contribution in [1.29, 1.82) is 0 Å². The van der Waals surface area contributed by atoms with Crippen molar-refractivity contribution in [2.24, 2.45) is 23.7 Å². The molecule has 4 aliphatic carbocycles. The van der Waals surface area contributed by atoms with Gasteiger partial charge in [-0.2, -0.15) is 0 Å². The Bertz CT molecular complexity index is 259. The number of hydrogen-bond acceptors (Lipinski definition) is 1. The maximum atomic E-state index is 5.70. The zero-order valence-electron chi connectivity index (χ0n) is 6.03. The van der Waals surface area contributed by atoms with Gasteiger partial charge in [0, 0.05) is 0 Å². The van der Waals surface area contributed by atoms with Gasteiger partial charge in [0.05, 0.1) is 0 Å². The Morgan fingerprint density at radius 2 is 1.80 bits per heavy atom. The van der Waals surface area contributed by atoms with E-state index in [0.717, 1.165) is 17.2 Å². The maximum Gasteiger partial charge on any atom is -0.00494 e. The second-order valence-corrected chi connectivity index (χ2v) is 10.4. The van der Waals surface area contributed by atoms with E-state index in [1.54, 1.807) is 6.42 Å². The molecule has 2 heteroatoms. The van der Waals surface area contributed by atoms with Crippen LogP contribution in [0.5, 0.6) is 0 Å². The zero-order valence-corrected chi connectivity index (χ0v) is 7.74. The minimum absolute atomic E-state index is 0.725. The Kier molecular flexibility index (Phi) is 0.584. The van der Waals surface area contributed by atoms with E-state index in [0.29, 0.717) is 0 Å². The molecule has 54 valence electrons. The van der Waals surface area contributed by atoms with Crippen LogP contribution in [-0.4, -0.2) is 18.0 Å². The van der Waals surface area contributed by atoms with Crippen LogP contribution < -0.4 is 0 Å². The highest BCUT2D eigenvalue weighted by molar-refractivity contribution is 8.15. The first-order valence-corrected chi connectivity index (χ1v) is 7.68. The van der Waals surface area contributed by atoms with E-state index in [-0.39, 0.29) is 0 Å². The molecule has 0 radical (unpaired) electrons. The van der Waals surface area contributed by atoms with Crippen molar-refractivity contribution in [1.82, 2.24) is 0 Å². The van der Waals surface area contributed by atoms with Crippen LogP contribution in [0.1, 0.15) is 6.42 Å². The van der Waals surface area contributed by atoms with Crippen LogP contribution in [0.25, 0.3) is 0 Å². The monoisotopic (exact) mass is 170 g/mol. The van der Waals surface area contributed by atoms with E-state index in [9.17, 15) is 0 Å². The van der Waals surface area contributed by atoms with Crippen LogP contribution in [0.4, 0.5) is 0 Å². The molecule has 0 aromatic rings. The molecule has 4 atom stereocenters. The molecule has 0 aromatic heterocycles. The average Bonchev–Trinajstić information content (AvgIpc) is 2.38. The first-order chi connectivity index (χ1) is 4.73. The summed E-state index contributed by atoms with van der Waals surface area (Å²) in [6, 6.07) is -0.725. The van der Waals surface area contributed by atoms with Crippen LogP contribution in [0, 0.1) is 23.7 Å². The molecule has 1 saturated heterocycles.